The molecule has 0 saturated carbocycles. The number of rotatable bonds is 0. The summed E-state index contributed by atoms with van der Waals surface area (Å²) < 4.78 is 4.92. The summed E-state index contributed by atoms with van der Waals surface area (Å²) in [6, 6.07) is 0. The van der Waals surface area contributed by atoms with Gasteiger partial charge in [-0.1, -0.05) is 12.6 Å². The molecule has 2 aromatic rings. The molecule has 2 heterocycles. The molecule has 0 bridgehead atoms. The van der Waals surface area contributed by atoms with Gasteiger partial charge in [0, 0.05) is 0 Å². The zero-order chi connectivity index (χ0) is 7.84. The van der Waals surface area contributed by atoms with E-state index in [1.54, 1.807) is 6.20 Å². The minimum Gasteiger partial charge on any atom is -0.359 e. The Morgan fingerprint density at radius 1 is 1.33 bits per heavy atom. The number of fused-ring (bicyclic) bond motifs is 1. The van der Waals surface area contributed by atoms with Crippen molar-refractivity contribution in [2.75, 3.05) is 0 Å². The Balaban J connectivity index is 0.000000720. The van der Waals surface area contributed by atoms with Crippen LogP contribution in [0.1, 0.15) is 19.0 Å². The smallest absolute Gasteiger partial charge is 0.160 e. The SMILES string of the molecule is C.Cc1ncc2noc(C)c2n1. The normalized spacial score (nSPS) is 9.83. The maximum atomic E-state index is 4.92. The predicted molar refractivity (Wildman–Crippen MR) is 45.8 cm³/mol. The molecule has 2 aromatic heterocycles. The molecule has 0 unspecified atom stereocenters. The molecule has 0 N–H and O–H groups in total. The highest BCUT2D eigenvalue weighted by molar-refractivity contribution is 5.74. The van der Waals surface area contributed by atoms with Gasteiger partial charge in [-0.2, -0.15) is 0 Å². The molecule has 0 amide bonds. The zero-order valence-electron chi connectivity index (χ0n) is 6.33. The Hall–Kier alpha value is -1.45. The van der Waals surface area contributed by atoms with E-state index in [4.69, 9.17) is 4.52 Å². The van der Waals surface area contributed by atoms with Crippen LogP contribution < -0.4 is 0 Å². The van der Waals surface area contributed by atoms with Crippen LogP contribution in [0.25, 0.3) is 11.0 Å². The van der Waals surface area contributed by atoms with Crippen molar-refractivity contribution in [3.63, 3.8) is 0 Å². The lowest BCUT2D eigenvalue weighted by atomic mass is 10.4. The number of nitrogens with zero attached hydrogens (tertiary/aromatic N) is 3. The molecule has 4 nitrogen and oxygen atoms in total. The Bertz CT molecular complexity index is 394. The van der Waals surface area contributed by atoms with Gasteiger partial charge in [0.2, 0.25) is 0 Å². The lowest BCUT2D eigenvalue weighted by Crippen LogP contribution is -1.85. The van der Waals surface area contributed by atoms with Crippen molar-refractivity contribution >= 4 is 11.0 Å². The van der Waals surface area contributed by atoms with Crippen LogP contribution in [-0.2, 0) is 0 Å². The summed E-state index contributed by atoms with van der Waals surface area (Å²) in [7, 11) is 0. The number of hydrogen-bond acceptors (Lipinski definition) is 4. The highest BCUT2D eigenvalue weighted by Gasteiger charge is 2.04. The molecule has 0 aliphatic rings. The van der Waals surface area contributed by atoms with Crippen molar-refractivity contribution in [1.82, 2.24) is 15.1 Å². The summed E-state index contributed by atoms with van der Waals surface area (Å²) in [6.45, 7) is 3.67. The second-order valence-electron chi connectivity index (χ2n) is 2.39. The molecular weight excluding hydrogens is 154 g/mol. The third-order valence-electron chi connectivity index (χ3n) is 1.50. The van der Waals surface area contributed by atoms with E-state index in [0.717, 1.165) is 17.1 Å². The first-order valence-electron chi connectivity index (χ1n) is 3.33. The maximum absolute atomic E-state index is 4.92. The molecule has 0 aliphatic heterocycles. The van der Waals surface area contributed by atoms with E-state index in [1.807, 2.05) is 13.8 Å². The number of aromatic nitrogens is 3. The van der Waals surface area contributed by atoms with Crippen molar-refractivity contribution in [3.05, 3.63) is 17.8 Å². The van der Waals surface area contributed by atoms with Gasteiger partial charge in [0.25, 0.3) is 0 Å². The molecule has 2 rings (SSSR count). The first kappa shape index (κ1) is 8.64. The van der Waals surface area contributed by atoms with Crippen LogP contribution in [0.15, 0.2) is 10.7 Å². The zero-order valence-corrected chi connectivity index (χ0v) is 6.33. The standard InChI is InChI=1S/C7H7N3O.CH4/c1-4-7-6(10-11-4)3-8-5(2)9-7;/h3H,1-2H3;1H4. The summed E-state index contributed by atoms with van der Waals surface area (Å²) >= 11 is 0. The molecule has 0 atom stereocenters. The Morgan fingerprint density at radius 3 is 2.83 bits per heavy atom. The topological polar surface area (TPSA) is 51.8 Å². The molecule has 4 heteroatoms. The van der Waals surface area contributed by atoms with Crippen molar-refractivity contribution in [3.8, 4) is 0 Å². The molecule has 0 aliphatic carbocycles. The van der Waals surface area contributed by atoms with E-state index in [9.17, 15) is 0 Å². The molecule has 0 aromatic carbocycles. The third-order valence-corrected chi connectivity index (χ3v) is 1.50. The van der Waals surface area contributed by atoms with Gasteiger partial charge in [0.1, 0.15) is 11.3 Å². The highest BCUT2D eigenvalue weighted by Crippen LogP contribution is 2.12. The van der Waals surface area contributed by atoms with E-state index in [1.165, 1.54) is 0 Å². The average Bonchev–Trinajstić information content (AvgIpc) is 2.33. The maximum Gasteiger partial charge on any atom is 0.160 e. The van der Waals surface area contributed by atoms with E-state index < -0.39 is 0 Å². The van der Waals surface area contributed by atoms with Crippen molar-refractivity contribution in [2.45, 2.75) is 21.3 Å². The fourth-order valence-electron chi connectivity index (χ4n) is 0.950. The van der Waals surface area contributed by atoms with Gasteiger partial charge in [-0.3, -0.25) is 0 Å². The van der Waals surface area contributed by atoms with Gasteiger partial charge in [-0.25, -0.2) is 9.97 Å². The Labute approximate surface area is 70.6 Å². The fraction of sp³-hybridized carbons (Fsp3) is 0.375. The van der Waals surface area contributed by atoms with Crippen molar-refractivity contribution in [2.24, 2.45) is 0 Å². The lowest BCUT2D eigenvalue weighted by molar-refractivity contribution is 0.405. The van der Waals surface area contributed by atoms with E-state index >= 15 is 0 Å². The fourth-order valence-corrected chi connectivity index (χ4v) is 0.950. The van der Waals surface area contributed by atoms with Gasteiger partial charge >= 0.3 is 0 Å². The first-order chi connectivity index (χ1) is 5.27. The molecule has 0 fully saturated rings. The van der Waals surface area contributed by atoms with Crippen LogP contribution >= 0.6 is 0 Å². The summed E-state index contributed by atoms with van der Waals surface area (Å²) in [5.74, 6) is 1.48. The molecule has 12 heavy (non-hydrogen) atoms. The quantitative estimate of drug-likeness (QED) is 0.598. The van der Waals surface area contributed by atoms with Crippen LogP contribution in [0.5, 0.6) is 0 Å². The Morgan fingerprint density at radius 2 is 2.08 bits per heavy atom. The van der Waals surface area contributed by atoms with Gasteiger partial charge in [-0.05, 0) is 13.8 Å². The van der Waals surface area contributed by atoms with Crippen molar-refractivity contribution < 1.29 is 4.52 Å². The molecular formula is C8H11N3O. The van der Waals surface area contributed by atoms with Gasteiger partial charge < -0.3 is 4.52 Å². The van der Waals surface area contributed by atoms with Gasteiger partial charge in [-0.15, -0.1) is 0 Å². The number of hydrogen-bond donors (Lipinski definition) is 0. The second-order valence-corrected chi connectivity index (χ2v) is 2.39. The second kappa shape index (κ2) is 2.89. The van der Waals surface area contributed by atoms with Crippen LogP contribution in [0.3, 0.4) is 0 Å². The summed E-state index contributed by atoms with van der Waals surface area (Å²) in [5.41, 5.74) is 1.52. The first-order valence-corrected chi connectivity index (χ1v) is 3.33. The summed E-state index contributed by atoms with van der Waals surface area (Å²) in [6.07, 6.45) is 1.66. The minimum atomic E-state index is 0. The number of aryl methyl sites for hydroxylation is 2. The summed E-state index contributed by atoms with van der Waals surface area (Å²) in [5, 5.41) is 3.76. The van der Waals surface area contributed by atoms with Gasteiger partial charge in [0.05, 0.1) is 6.20 Å². The average molecular weight is 165 g/mol. The van der Waals surface area contributed by atoms with Crippen molar-refractivity contribution in [1.29, 1.82) is 0 Å². The van der Waals surface area contributed by atoms with E-state index in [0.29, 0.717) is 5.52 Å². The molecule has 0 saturated heterocycles. The lowest BCUT2D eigenvalue weighted by Gasteiger charge is -1.88. The monoisotopic (exact) mass is 165 g/mol. The van der Waals surface area contributed by atoms with Crippen LogP contribution in [0.4, 0.5) is 0 Å². The molecule has 64 valence electrons. The van der Waals surface area contributed by atoms with Crippen LogP contribution in [0.2, 0.25) is 0 Å². The highest BCUT2D eigenvalue weighted by atomic mass is 16.5. The van der Waals surface area contributed by atoms with Crippen LogP contribution in [-0.4, -0.2) is 15.1 Å². The minimum absolute atomic E-state index is 0. The molecule has 0 spiro atoms. The van der Waals surface area contributed by atoms with Gasteiger partial charge in [0.15, 0.2) is 11.3 Å². The third kappa shape index (κ3) is 1.15. The molecule has 0 radical (unpaired) electrons. The van der Waals surface area contributed by atoms with Crippen LogP contribution in [0, 0.1) is 13.8 Å². The largest absolute Gasteiger partial charge is 0.359 e. The van der Waals surface area contributed by atoms with E-state index in [2.05, 4.69) is 15.1 Å². The predicted octanol–water partition coefficient (Wildman–Crippen LogP) is 1.87. The summed E-state index contributed by atoms with van der Waals surface area (Å²) in [4.78, 5) is 8.15. The van der Waals surface area contributed by atoms with E-state index in [-0.39, 0.29) is 7.43 Å². The Kier molecular flexibility index (Phi) is 2.08.